The van der Waals surface area contributed by atoms with E-state index in [-0.39, 0.29) is 5.91 Å². The van der Waals surface area contributed by atoms with Gasteiger partial charge < -0.3 is 4.90 Å². The zero-order valence-corrected chi connectivity index (χ0v) is 17.5. The summed E-state index contributed by atoms with van der Waals surface area (Å²) in [6, 6.07) is 7.45. The normalized spacial score (nSPS) is 19.5. The fourth-order valence-corrected chi connectivity index (χ4v) is 4.48. The Bertz CT molecular complexity index is 942. The first-order valence-electron chi connectivity index (χ1n) is 9.22. The number of rotatable bonds is 3. The quantitative estimate of drug-likeness (QED) is 0.721. The maximum Gasteiger partial charge on any atom is 0.286 e. The fraction of sp³-hybridized carbons (Fsp3) is 0.350. The van der Waals surface area contributed by atoms with Crippen LogP contribution in [0, 0.1) is 6.92 Å². The van der Waals surface area contributed by atoms with E-state index < -0.39 is 0 Å². The molecule has 1 saturated heterocycles. The van der Waals surface area contributed by atoms with Gasteiger partial charge in [0.25, 0.3) is 5.91 Å². The molecular formula is C20H22ClN5OS. The van der Waals surface area contributed by atoms with Crippen LogP contribution in [0.25, 0.3) is 6.08 Å². The molecule has 0 atom stereocenters. The highest BCUT2D eigenvalue weighted by atomic mass is 35.5. The van der Waals surface area contributed by atoms with E-state index in [4.69, 9.17) is 11.6 Å². The number of aromatic nitrogens is 2. The van der Waals surface area contributed by atoms with Crippen LogP contribution in [0.1, 0.15) is 16.8 Å². The second-order valence-electron chi connectivity index (χ2n) is 7.04. The smallest absolute Gasteiger partial charge is 0.286 e. The van der Waals surface area contributed by atoms with Gasteiger partial charge >= 0.3 is 0 Å². The SMILES string of the molecule is Cc1nn(C)cc1CN1CCN(C2=NC(=O)C(=Cc3ccc(Cl)cc3)S2)CC1. The first-order valence-corrected chi connectivity index (χ1v) is 10.4. The van der Waals surface area contributed by atoms with Crippen molar-refractivity contribution in [3.63, 3.8) is 0 Å². The Balaban J connectivity index is 1.35. The van der Waals surface area contributed by atoms with E-state index >= 15 is 0 Å². The van der Waals surface area contributed by atoms with Crippen LogP contribution >= 0.6 is 23.4 Å². The van der Waals surface area contributed by atoms with Crippen molar-refractivity contribution < 1.29 is 4.79 Å². The first-order chi connectivity index (χ1) is 13.5. The summed E-state index contributed by atoms with van der Waals surface area (Å²) >= 11 is 7.38. The van der Waals surface area contributed by atoms with E-state index in [2.05, 4.69) is 33.0 Å². The standard InChI is InChI=1S/C20H22ClN5OS/c1-14-16(12-24(2)23-14)13-25-7-9-26(10-8-25)20-22-19(27)18(28-20)11-15-3-5-17(21)6-4-15/h3-6,11-12H,7-10,13H2,1-2H3. The molecule has 0 aliphatic carbocycles. The number of piperazine rings is 1. The Morgan fingerprint density at radius 1 is 1.18 bits per heavy atom. The average Bonchev–Trinajstić information content (AvgIpc) is 3.19. The van der Waals surface area contributed by atoms with Gasteiger partial charge in [0.15, 0.2) is 5.17 Å². The third-order valence-corrected chi connectivity index (χ3v) is 6.23. The number of amidine groups is 1. The summed E-state index contributed by atoms with van der Waals surface area (Å²) in [6.45, 7) is 6.58. The molecule has 0 unspecified atom stereocenters. The lowest BCUT2D eigenvalue weighted by Gasteiger charge is -2.35. The lowest BCUT2D eigenvalue weighted by atomic mass is 10.2. The van der Waals surface area contributed by atoms with Gasteiger partial charge in [0, 0.05) is 56.6 Å². The van der Waals surface area contributed by atoms with Crippen molar-refractivity contribution >= 4 is 40.5 Å². The summed E-state index contributed by atoms with van der Waals surface area (Å²) < 4.78 is 1.87. The number of carbonyl (C=O) groups excluding carboxylic acids is 1. The van der Waals surface area contributed by atoms with Crippen molar-refractivity contribution in [3.05, 3.63) is 57.2 Å². The second kappa shape index (κ2) is 8.11. The molecule has 146 valence electrons. The molecule has 0 N–H and O–H groups in total. The van der Waals surface area contributed by atoms with Crippen LogP contribution in [0.2, 0.25) is 5.02 Å². The topological polar surface area (TPSA) is 53.7 Å². The molecule has 28 heavy (non-hydrogen) atoms. The third kappa shape index (κ3) is 4.32. The molecule has 2 aliphatic heterocycles. The molecule has 0 bridgehead atoms. The number of nitrogens with zero attached hydrogens (tertiary/aromatic N) is 5. The molecule has 1 aromatic carbocycles. The average molecular weight is 416 g/mol. The van der Waals surface area contributed by atoms with E-state index in [1.807, 2.05) is 42.1 Å². The summed E-state index contributed by atoms with van der Waals surface area (Å²) in [5, 5.41) is 5.91. The predicted octanol–water partition coefficient (Wildman–Crippen LogP) is 3.17. The van der Waals surface area contributed by atoms with E-state index in [9.17, 15) is 4.79 Å². The summed E-state index contributed by atoms with van der Waals surface area (Å²) in [5.41, 5.74) is 3.31. The van der Waals surface area contributed by atoms with Crippen LogP contribution in [-0.4, -0.2) is 56.8 Å². The van der Waals surface area contributed by atoms with Gasteiger partial charge in [0.1, 0.15) is 0 Å². The Kier molecular flexibility index (Phi) is 5.57. The Hall–Kier alpha value is -2.09. The van der Waals surface area contributed by atoms with E-state index in [0.717, 1.165) is 49.1 Å². The lowest BCUT2D eigenvalue weighted by Crippen LogP contribution is -2.47. The number of halogens is 1. The van der Waals surface area contributed by atoms with Gasteiger partial charge in [-0.25, -0.2) is 0 Å². The van der Waals surface area contributed by atoms with Crippen molar-refractivity contribution in [3.8, 4) is 0 Å². The zero-order valence-electron chi connectivity index (χ0n) is 15.9. The number of hydrogen-bond acceptors (Lipinski definition) is 5. The summed E-state index contributed by atoms with van der Waals surface area (Å²) in [5.74, 6) is -0.164. The van der Waals surface area contributed by atoms with Crippen molar-refractivity contribution in [2.45, 2.75) is 13.5 Å². The number of aryl methyl sites for hydroxylation is 2. The second-order valence-corrected chi connectivity index (χ2v) is 8.48. The molecular weight excluding hydrogens is 394 g/mol. The van der Waals surface area contributed by atoms with E-state index in [1.165, 1.54) is 17.3 Å². The van der Waals surface area contributed by atoms with E-state index in [1.54, 1.807) is 0 Å². The minimum Gasteiger partial charge on any atom is -0.348 e. The van der Waals surface area contributed by atoms with Crippen LogP contribution in [0.4, 0.5) is 0 Å². The van der Waals surface area contributed by atoms with Crippen LogP contribution in [0.5, 0.6) is 0 Å². The number of amides is 1. The Morgan fingerprint density at radius 2 is 1.89 bits per heavy atom. The van der Waals surface area contributed by atoms with Gasteiger partial charge in [0.05, 0.1) is 10.6 Å². The van der Waals surface area contributed by atoms with Crippen LogP contribution in [0.3, 0.4) is 0 Å². The van der Waals surface area contributed by atoms with Gasteiger partial charge in [-0.1, -0.05) is 23.7 Å². The largest absolute Gasteiger partial charge is 0.348 e. The van der Waals surface area contributed by atoms with Gasteiger partial charge in [-0.2, -0.15) is 10.1 Å². The molecule has 0 saturated carbocycles. The van der Waals surface area contributed by atoms with Gasteiger partial charge in [-0.3, -0.25) is 14.4 Å². The number of carbonyl (C=O) groups is 1. The van der Waals surface area contributed by atoms with Gasteiger partial charge in [-0.05, 0) is 42.5 Å². The molecule has 0 spiro atoms. The van der Waals surface area contributed by atoms with Crippen molar-refractivity contribution in [1.82, 2.24) is 19.6 Å². The zero-order chi connectivity index (χ0) is 19.7. The minimum atomic E-state index is -0.164. The predicted molar refractivity (Wildman–Crippen MR) is 114 cm³/mol. The van der Waals surface area contributed by atoms with Gasteiger partial charge in [-0.15, -0.1) is 0 Å². The highest BCUT2D eigenvalue weighted by Gasteiger charge is 2.28. The summed E-state index contributed by atoms with van der Waals surface area (Å²) in [4.78, 5) is 21.9. The molecule has 1 amide bonds. The lowest BCUT2D eigenvalue weighted by molar-refractivity contribution is -0.113. The number of thioether (sulfide) groups is 1. The molecule has 1 fully saturated rings. The number of benzene rings is 1. The van der Waals surface area contributed by atoms with Crippen molar-refractivity contribution in [1.29, 1.82) is 0 Å². The highest BCUT2D eigenvalue weighted by Crippen LogP contribution is 2.31. The van der Waals surface area contributed by atoms with Crippen LogP contribution in [-0.2, 0) is 18.4 Å². The molecule has 2 aromatic rings. The first kappa shape index (κ1) is 19.2. The highest BCUT2D eigenvalue weighted by molar-refractivity contribution is 8.18. The molecule has 2 aliphatic rings. The maximum absolute atomic E-state index is 12.3. The Morgan fingerprint density at radius 3 is 2.54 bits per heavy atom. The van der Waals surface area contributed by atoms with Crippen molar-refractivity contribution in [2.24, 2.45) is 12.0 Å². The summed E-state index contributed by atoms with van der Waals surface area (Å²) in [7, 11) is 1.95. The van der Waals surface area contributed by atoms with Crippen LogP contribution < -0.4 is 0 Å². The molecule has 0 radical (unpaired) electrons. The Labute approximate surface area is 173 Å². The number of hydrogen-bond donors (Lipinski definition) is 0. The third-order valence-electron chi connectivity index (χ3n) is 4.93. The molecule has 8 heteroatoms. The fourth-order valence-electron chi connectivity index (χ4n) is 3.39. The van der Waals surface area contributed by atoms with Crippen LogP contribution in [0.15, 0.2) is 40.4 Å². The molecule has 4 rings (SSSR count). The monoisotopic (exact) mass is 415 g/mol. The minimum absolute atomic E-state index is 0.164. The van der Waals surface area contributed by atoms with Gasteiger partial charge in [0.2, 0.25) is 0 Å². The van der Waals surface area contributed by atoms with E-state index in [0.29, 0.717) is 9.93 Å². The maximum atomic E-state index is 12.3. The molecule has 1 aromatic heterocycles. The molecule has 3 heterocycles. The number of aliphatic imine (C=N–C) groups is 1. The summed E-state index contributed by atoms with van der Waals surface area (Å²) in [6.07, 6.45) is 3.96. The molecule has 6 nitrogen and oxygen atoms in total. The van der Waals surface area contributed by atoms with Crippen molar-refractivity contribution in [2.75, 3.05) is 26.2 Å².